The summed E-state index contributed by atoms with van der Waals surface area (Å²) in [6, 6.07) is 0. The van der Waals surface area contributed by atoms with Crippen molar-refractivity contribution in [2.45, 2.75) is 32.7 Å². The van der Waals surface area contributed by atoms with Gasteiger partial charge in [0.2, 0.25) is 5.95 Å². The Kier molecular flexibility index (Phi) is 6.21. The largest absolute Gasteiger partial charge is 0.355 e. The fraction of sp³-hybridized carbons (Fsp3) is 0.750. The first-order chi connectivity index (χ1) is 12.1. The second-order valence-corrected chi connectivity index (χ2v) is 8.52. The molecule has 0 unspecified atom stereocenters. The predicted octanol–water partition coefficient (Wildman–Crippen LogP) is 0.757. The number of rotatable bonds is 6. The minimum absolute atomic E-state index is 0.551. The predicted molar refractivity (Wildman–Crippen MR) is 97.4 cm³/mol. The van der Waals surface area contributed by atoms with Crippen LogP contribution in [0, 0.1) is 0 Å². The van der Waals surface area contributed by atoms with Gasteiger partial charge in [0.25, 0.3) is 10.2 Å². The van der Waals surface area contributed by atoms with Crippen LogP contribution in [0.2, 0.25) is 0 Å². The van der Waals surface area contributed by atoms with Gasteiger partial charge in [-0.05, 0) is 32.7 Å². The molecule has 0 atom stereocenters. The normalized spacial score (nSPS) is 21.3. The van der Waals surface area contributed by atoms with E-state index in [1.807, 2.05) is 19.3 Å². The van der Waals surface area contributed by atoms with Crippen LogP contribution >= 0.6 is 0 Å². The molecule has 2 aliphatic heterocycles. The summed E-state index contributed by atoms with van der Waals surface area (Å²) >= 11 is 0. The highest BCUT2D eigenvalue weighted by atomic mass is 32.2. The summed E-state index contributed by atoms with van der Waals surface area (Å²) in [5, 5.41) is 3.08. The highest BCUT2D eigenvalue weighted by Crippen LogP contribution is 2.18. The molecule has 9 heteroatoms. The summed E-state index contributed by atoms with van der Waals surface area (Å²) in [5.41, 5.74) is 1.05. The lowest BCUT2D eigenvalue weighted by Crippen LogP contribution is -2.44. The fourth-order valence-corrected chi connectivity index (χ4v) is 5.08. The molecule has 0 amide bonds. The molecule has 140 valence electrons. The molecule has 0 aromatic carbocycles. The van der Waals surface area contributed by atoms with Crippen LogP contribution in [0.15, 0.2) is 12.4 Å². The van der Waals surface area contributed by atoms with Gasteiger partial charge in [-0.3, -0.25) is 4.90 Å². The number of nitrogens with one attached hydrogen (secondary N) is 1. The zero-order valence-electron chi connectivity index (χ0n) is 14.9. The Morgan fingerprint density at radius 2 is 1.60 bits per heavy atom. The van der Waals surface area contributed by atoms with Crippen molar-refractivity contribution in [3.8, 4) is 0 Å². The van der Waals surface area contributed by atoms with Crippen molar-refractivity contribution in [2.75, 3.05) is 51.1 Å². The van der Waals surface area contributed by atoms with Gasteiger partial charge >= 0.3 is 0 Å². The van der Waals surface area contributed by atoms with Crippen LogP contribution in [0.1, 0.15) is 31.7 Å². The average molecular weight is 369 g/mol. The van der Waals surface area contributed by atoms with E-state index in [2.05, 4.69) is 20.2 Å². The zero-order valence-corrected chi connectivity index (χ0v) is 15.7. The lowest BCUT2D eigenvalue weighted by Gasteiger charge is -2.26. The summed E-state index contributed by atoms with van der Waals surface area (Å²) in [4.78, 5) is 10.9. The van der Waals surface area contributed by atoms with Crippen LogP contribution in [-0.2, 0) is 16.8 Å². The monoisotopic (exact) mass is 368 g/mol. The standard InChI is InChI=1S/C16H28N6O2S/c1-2-17-16-18-12-15(13-19-16)14-20-6-5-9-22(11-10-20)25(23,24)21-7-3-4-8-21/h12-13H,2-11,14H2,1H3,(H,17,18,19). The second kappa shape index (κ2) is 8.39. The molecule has 3 heterocycles. The molecule has 0 spiro atoms. The number of hydrogen-bond acceptors (Lipinski definition) is 6. The van der Waals surface area contributed by atoms with Crippen LogP contribution in [0.4, 0.5) is 5.95 Å². The van der Waals surface area contributed by atoms with E-state index in [1.165, 1.54) is 0 Å². The van der Waals surface area contributed by atoms with Crippen LogP contribution in [0.25, 0.3) is 0 Å². The van der Waals surface area contributed by atoms with Gasteiger partial charge in [-0.2, -0.15) is 17.0 Å². The van der Waals surface area contributed by atoms with Crippen molar-refractivity contribution in [2.24, 2.45) is 0 Å². The Labute approximate surface area is 150 Å². The molecule has 0 aliphatic carbocycles. The topological polar surface area (TPSA) is 81.7 Å². The minimum Gasteiger partial charge on any atom is -0.355 e. The fourth-order valence-electron chi connectivity index (χ4n) is 3.36. The first-order valence-electron chi connectivity index (χ1n) is 9.12. The second-order valence-electron chi connectivity index (χ2n) is 6.59. The van der Waals surface area contributed by atoms with Gasteiger partial charge < -0.3 is 5.32 Å². The lowest BCUT2D eigenvalue weighted by molar-refractivity contribution is 0.276. The zero-order chi connectivity index (χ0) is 17.7. The molecule has 1 aromatic rings. The van der Waals surface area contributed by atoms with Gasteiger partial charge in [0.15, 0.2) is 0 Å². The van der Waals surface area contributed by atoms with Crippen molar-refractivity contribution in [1.29, 1.82) is 0 Å². The van der Waals surface area contributed by atoms with E-state index in [1.54, 1.807) is 8.61 Å². The third-order valence-corrected chi connectivity index (χ3v) is 6.75. The van der Waals surface area contributed by atoms with Crippen molar-refractivity contribution in [1.82, 2.24) is 23.5 Å². The van der Waals surface area contributed by atoms with Crippen LogP contribution in [0.5, 0.6) is 0 Å². The van der Waals surface area contributed by atoms with Gasteiger partial charge in [0, 0.05) is 63.8 Å². The van der Waals surface area contributed by atoms with E-state index < -0.39 is 10.2 Å². The van der Waals surface area contributed by atoms with Crippen molar-refractivity contribution in [3.05, 3.63) is 18.0 Å². The molecular weight excluding hydrogens is 340 g/mol. The van der Waals surface area contributed by atoms with Gasteiger partial charge in [0.05, 0.1) is 0 Å². The maximum Gasteiger partial charge on any atom is 0.282 e. The van der Waals surface area contributed by atoms with Crippen LogP contribution in [0.3, 0.4) is 0 Å². The highest BCUT2D eigenvalue weighted by Gasteiger charge is 2.32. The number of nitrogens with zero attached hydrogens (tertiary/aromatic N) is 5. The summed E-state index contributed by atoms with van der Waals surface area (Å²) in [6.45, 7) is 7.67. The number of hydrogen-bond donors (Lipinski definition) is 1. The van der Waals surface area contributed by atoms with Crippen LogP contribution < -0.4 is 5.32 Å². The molecule has 1 N–H and O–H groups in total. The third-order valence-electron chi connectivity index (χ3n) is 4.71. The maximum atomic E-state index is 12.7. The molecule has 25 heavy (non-hydrogen) atoms. The van der Waals surface area contributed by atoms with E-state index in [0.29, 0.717) is 32.1 Å². The van der Waals surface area contributed by atoms with Crippen molar-refractivity contribution in [3.63, 3.8) is 0 Å². The first-order valence-corrected chi connectivity index (χ1v) is 10.5. The molecule has 2 fully saturated rings. The van der Waals surface area contributed by atoms with Crippen molar-refractivity contribution >= 4 is 16.2 Å². The number of anilines is 1. The summed E-state index contributed by atoms with van der Waals surface area (Å²) in [5.74, 6) is 0.644. The van der Waals surface area contributed by atoms with E-state index in [4.69, 9.17) is 0 Å². The Morgan fingerprint density at radius 3 is 2.28 bits per heavy atom. The molecular formula is C16H28N6O2S. The van der Waals surface area contributed by atoms with Crippen molar-refractivity contribution < 1.29 is 8.42 Å². The Hall–Kier alpha value is -1.29. The van der Waals surface area contributed by atoms with E-state index in [9.17, 15) is 8.42 Å². The molecule has 3 rings (SSSR count). The van der Waals surface area contributed by atoms with E-state index in [0.717, 1.165) is 51.0 Å². The first kappa shape index (κ1) is 18.5. The average Bonchev–Trinajstić information content (AvgIpc) is 3.05. The molecule has 2 saturated heterocycles. The summed E-state index contributed by atoms with van der Waals surface area (Å²) < 4.78 is 28.7. The van der Waals surface area contributed by atoms with Crippen LogP contribution in [-0.4, -0.2) is 77.7 Å². The SMILES string of the molecule is CCNc1ncc(CN2CCCN(S(=O)(=O)N3CCCC3)CC2)cn1. The van der Waals surface area contributed by atoms with E-state index in [-0.39, 0.29) is 0 Å². The quantitative estimate of drug-likeness (QED) is 0.798. The molecule has 0 saturated carbocycles. The summed E-state index contributed by atoms with van der Waals surface area (Å²) in [7, 11) is -3.29. The maximum absolute atomic E-state index is 12.7. The summed E-state index contributed by atoms with van der Waals surface area (Å²) in [6.07, 6.45) is 6.48. The minimum atomic E-state index is -3.29. The van der Waals surface area contributed by atoms with Gasteiger partial charge in [-0.1, -0.05) is 0 Å². The molecule has 2 aliphatic rings. The Morgan fingerprint density at radius 1 is 0.960 bits per heavy atom. The molecule has 8 nitrogen and oxygen atoms in total. The smallest absolute Gasteiger partial charge is 0.282 e. The van der Waals surface area contributed by atoms with Gasteiger partial charge in [-0.15, -0.1) is 0 Å². The Balaban J connectivity index is 1.56. The lowest BCUT2D eigenvalue weighted by atomic mass is 10.3. The molecule has 0 bridgehead atoms. The number of aromatic nitrogens is 2. The third kappa shape index (κ3) is 4.66. The highest BCUT2D eigenvalue weighted by molar-refractivity contribution is 7.86. The van der Waals surface area contributed by atoms with E-state index >= 15 is 0 Å². The molecule has 1 aromatic heterocycles. The van der Waals surface area contributed by atoms with Gasteiger partial charge in [0.1, 0.15) is 0 Å². The van der Waals surface area contributed by atoms with Gasteiger partial charge in [-0.25, -0.2) is 9.97 Å². The molecule has 0 radical (unpaired) electrons. The Bertz CT molecular complexity index is 645.